The molecule has 19 rings (SSSR count). The SMILES string of the molecule is c1ccc(-c2c3ccccc3c(-c3nc(-c4cccc(-c5cccnc5)c4)cc(-c4cccc(-c5ccc6ccccc6c5)c4)n3)c3ccccc23)cc1.c1ccc(-c2cccc(-c3nc(-c4ccc(-c5cncc6ccccc56)cc4)cc(-c4cccc(-c5ccc6ccccc6c5)c4)n3)c2)cc1. The van der Waals surface area contributed by atoms with E-state index in [9.17, 15) is 0 Å². The van der Waals surface area contributed by atoms with Gasteiger partial charge in [-0.2, -0.15) is 0 Å². The summed E-state index contributed by atoms with van der Waals surface area (Å²) in [5.74, 6) is 1.38. The summed E-state index contributed by atoms with van der Waals surface area (Å²) in [5, 5.41) is 11.8. The van der Waals surface area contributed by atoms with Crippen LogP contribution < -0.4 is 0 Å². The van der Waals surface area contributed by atoms with E-state index < -0.39 is 0 Å². The summed E-state index contributed by atoms with van der Waals surface area (Å²) in [6.07, 6.45) is 7.57. The van der Waals surface area contributed by atoms with E-state index in [1.165, 1.54) is 60.0 Å². The summed E-state index contributed by atoms with van der Waals surface area (Å²) < 4.78 is 0. The Labute approximate surface area is 603 Å². The topological polar surface area (TPSA) is 77.3 Å². The average Bonchev–Trinajstić information content (AvgIpc) is 0.733. The van der Waals surface area contributed by atoms with Crippen molar-refractivity contribution >= 4 is 53.9 Å². The molecule has 0 fully saturated rings. The van der Waals surface area contributed by atoms with Gasteiger partial charge in [-0.25, -0.2) is 19.9 Å². The highest BCUT2D eigenvalue weighted by molar-refractivity contribution is 6.21. The Morgan fingerprint density at radius 1 is 0.163 bits per heavy atom. The summed E-state index contributed by atoms with van der Waals surface area (Å²) in [7, 11) is 0. The van der Waals surface area contributed by atoms with Crippen LogP contribution in [0.15, 0.2) is 389 Å². The Hall–Kier alpha value is -13.9. The van der Waals surface area contributed by atoms with Gasteiger partial charge in [-0.3, -0.25) is 9.97 Å². The molecule has 4 heterocycles. The van der Waals surface area contributed by atoms with Gasteiger partial charge in [0.15, 0.2) is 11.6 Å². The lowest BCUT2D eigenvalue weighted by Gasteiger charge is -2.18. The molecule has 0 N–H and O–H groups in total. The molecule has 0 radical (unpaired) electrons. The van der Waals surface area contributed by atoms with Crippen molar-refractivity contribution in [3.8, 4) is 135 Å². The van der Waals surface area contributed by atoms with Gasteiger partial charge in [-0.1, -0.05) is 309 Å². The van der Waals surface area contributed by atoms with Gasteiger partial charge in [0.05, 0.1) is 22.8 Å². The molecule has 0 aliphatic rings. The molecule has 486 valence electrons. The van der Waals surface area contributed by atoms with E-state index in [1.807, 2.05) is 36.8 Å². The third-order valence-electron chi connectivity index (χ3n) is 19.7. The number of hydrogen-bond donors (Lipinski definition) is 0. The Morgan fingerprint density at radius 3 is 1.06 bits per heavy atom. The van der Waals surface area contributed by atoms with Crippen LogP contribution in [-0.4, -0.2) is 29.9 Å². The van der Waals surface area contributed by atoms with Crippen LogP contribution in [0.25, 0.3) is 188 Å². The normalized spacial score (nSPS) is 11.3. The molecule has 0 saturated carbocycles. The quantitative estimate of drug-likeness (QED) is 0.113. The van der Waals surface area contributed by atoms with Crippen LogP contribution >= 0.6 is 0 Å². The molecule has 15 aromatic carbocycles. The number of rotatable bonds is 12. The first-order valence-corrected chi connectivity index (χ1v) is 35.1. The van der Waals surface area contributed by atoms with Gasteiger partial charge in [-0.15, -0.1) is 0 Å². The zero-order valence-corrected chi connectivity index (χ0v) is 56.6. The minimum Gasteiger partial charge on any atom is -0.264 e. The molecule has 0 saturated heterocycles. The van der Waals surface area contributed by atoms with Crippen molar-refractivity contribution in [1.82, 2.24) is 29.9 Å². The molecular formula is C98H64N6. The second kappa shape index (κ2) is 27.6. The Morgan fingerprint density at radius 2 is 0.529 bits per heavy atom. The van der Waals surface area contributed by atoms with Crippen LogP contribution in [0.5, 0.6) is 0 Å². The maximum atomic E-state index is 5.45. The fraction of sp³-hybridized carbons (Fsp3) is 0. The molecule has 0 aliphatic heterocycles. The molecule has 104 heavy (non-hydrogen) atoms. The summed E-state index contributed by atoms with van der Waals surface area (Å²) in [6, 6.07) is 128. The number of hydrogen-bond acceptors (Lipinski definition) is 6. The van der Waals surface area contributed by atoms with Gasteiger partial charge in [0.1, 0.15) is 0 Å². The van der Waals surface area contributed by atoms with Crippen LogP contribution in [0.2, 0.25) is 0 Å². The van der Waals surface area contributed by atoms with Gasteiger partial charge in [-0.05, 0) is 159 Å². The van der Waals surface area contributed by atoms with Gasteiger partial charge in [0.2, 0.25) is 0 Å². The zero-order chi connectivity index (χ0) is 69.1. The van der Waals surface area contributed by atoms with E-state index in [2.05, 4.69) is 356 Å². The average molecular weight is 1330 g/mol. The van der Waals surface area contributed by atoms with Gasteiger partial charge >= 0.3 is 0 Å². The van der Waals surface area contributed by atoms with E-state index in [0.717, 1.165) is 117 Å². The second-order valence-corrected chi connectivity index (χ2v) is 26.2. The van der Waals surface area contributed by atoms with Crippen LogP contribution in [0, 0.1) is 0 Å². The molecule has 0 unspecified atom stereocenters. The van der Waals surface area contributed by atoms with E-state index in [0.29, 0.717) is 11.6 Å². The van der Waals surface area contributed by atoms with E-state index in [-0.39, 0.29) is 0 Å². The second-order valence-electron chi connectivity index (χ2n) is 26.2. The highest BCUT2D eigenvalue weighted by atomic mass is 14.9. The predicted octanol–water partition coefficient (Wildman–Crippen LogP) is 25.5. The molecule has 6 nitrogen and oxygen atoms in total. The monoisotopic (exact) mass is 1320 g/mol. The molecule has 0 aliphatic carbocycles. The highest BCUT2D eigenvalue weighted by Crippen LogP contribution is 2.45. The standard InChI is InChI=1S/C51H33N3.C47H31N3/c1-2-14-35(15-3-1)49-43-22-6-8-24-45(43)50(46-25-9-7-23-44(46)49)51-53-47(32-48(54-51)41-20-11-18-38(31-41)42-21-12-28-52-33-42)40-19-10-17-37(30-40)39-27-26-34-13-4-5-16-36(34)29-39;1-2-10-32(11-3-1)37-15-9-18-41(28-37)47-49-45(35-23-21-34(22-24-35)44-31-48-30-42-14-6-7-19-43(42)44)29-46(50-47)40-17-8-16-38(27-40)39-25-20-33-12-4-5-13-36(33)26-39/h1-33H;1-31H. The predicted molar refractivity (Wildman–Crippen MR) is 432 cm³/mol. The van der Waals surface area contributed by atoms with Crippen molar-refractivity contribution < 1.29 is 0 Å². The first-order valence-electron chi connectivity index (χ1n) is 35.1. The van der Waals surface area contributed by atoms with Crippen molar-refractivity contribution in [2.24, 2.45) is 0 Å². The maximum Gasteiger partial charge on any atom is 0.161 e. The zero-order valence-electron chi connectivity index (χ0n) is 56.6. The summed E-state index contributed by atoms with van der Waals surface area (Å²) in [5.41, 5.74) is 23.3. The number of nitrogens with zero attached hydrogens (tertiary/aromatic N) is 6. The lowest BCUT2D eigenvalue weighted by atomic mass is 9.88. The lowest BCUT2D eigenvalue weighted by molar-refractivity contribution is 1.18. The number of pyridine rings is 2. The third-order valence-corrected chi connectivity index (χ3v) is 19.7. The first-order chi connectivity index (χ1) is 51.5. The molecule has 4 aromatic heterocycles. The lowest BCUT2D eigenvalue weighted by Crippen LogP contribution is -1.99. The minimum absolute atomic E-state index is 0.689. The van der Waals surface area contributed by atoms with Gasteiger partial charge < -0.3 is 0 Å². The van der Waals surface area contributed by atoms with Crippen molar-refractivity contribution in [3.05, 3.63) is 389 Å². The van der Waals surface area contributed by atoms with Crippen LogP contribution in [0.3, 0.4) is 0 Å². The number of benzene rings is 15. The first kappa shape index (κ1) is 62.3. The molecule has 0 atom stereocenters. The van der Waals surface area contributed by atoms with E-state index >= 15 is 0 Å². The largest absolute Gasteiger partial charge is 0.264 e. The number of fused-ring (bicyclic) bond motifs is 5. The fourth-order valence-corrected chi connectivity index (χ4v) is 14.5. The van der Waals surface area contributed by atoms with E-state index in [4.69, 9.17) is 19.9 Å². The minimum atomic E-state index is 0.689. The number of aromatic nitrogens is 6. The van der Waals surface area contributed by atoms with E-state index in [1.54, 1.807) is 6.20 Å². The maximum absolute atomic E-state index is 5.45. The van der Waals surface area contributed by atoms with Crippen molar-refractivity contribution in [3.63, 3.8) is 0 Å². The van der Waals surface area contributed by atoms with Crippen LogP contribution in [0.4, 0.5) is 0 Å². The summed E-state index contributed by atoms with van der Waals surface area (Å²) in [4.78, 5) is 30.1. The molecule has 6 heteroatoms. The van der Waals surface area contributed by atoms with Crippen molar-refractivity contribution in [2.75, 3.05) is 0 Å². The van der Waals surface area contributed by atoms with Crippen molar-refractivity contribution in [1.29, 1.82) is 0 Å². The Kier molecular flexibility index (Phi) is 16.6. The van der Waals surface area contributed by atoms with Gasteiger partial charge in [0, 0.05) is 74.7 Å². The smallest absolute Gasteiger partial charge is 0.161 e. The molecule has 0 spiro atoms. The molecule has 19 aromatic rings. The van der Waals surface area contributed by atoms with Crippen LogP contribution in [-0.2, 0) is 0 Å². The Bertz CT molecular complexity index is 6350. The molecule has 0 bridgehead atoms. The van der Waals surface area contributed by atoms with Crippen molar-refractivity contribution in [2.45, 2.75) is 0 Å². The highest BCUT2D eigenvalue weighted by Gasteiger charge is 2.22. The third kappa shape index (κ3) is 12.5. The summed E-state index contributed by atoms with van der Waals surface area (Å²) >= 11 is 0. The van der Waals surface area contributed by atoms with Gasteiger partial charge in [0.25, 0.3) is 0 Å². The molecule has 0 amide bonds. The fourth-order valence-electron chi connectivity index (χ4n) is 14.5. The molecular weight excluding hydrogens is 1260 g/mol. The summed E-state index contributed by atoms with van der Waals surface area (Å²) in [6.45, 7) is 0. The van der Waals surface area contributed by atoms with Crippen LogP contribution in [0.1, 0.15) is 0 Å². The Balaban J connectivity index is 0.000000149.